The van der Waals surface area contributed by atoms with Crippen molar-refractivity contribution in [1.82, 2.24) is 24.8 Å². The van der Waals surface area contributed by atoms with E-state index in [1.807, 2.05) is 16.8 Å². The van der Waals surface area contributed by atoms with E-state index in [1.165, 1.54) is 11.1 Å². The minimum atomic E-state index is 0.665. The molecule has 1 fully saturated rings. The second kappa shape index (κ2) is 7.85. The summed E-state index contributed by atoms with van der Waals surface area (Å²) in [6.07, 6.45) is 3.64. The Labute approximate surface area is 154 Å². The van der Waals surface area contributed by atoms with E-state index in [0.29, 0.717) is 5.92 Å². The molecule has 0 unspecified atom stereocenters. The van der Waals surface area contributed by atoms with Gasteiger partial charge < -0.3 is 10.6 Å². The summed E-state index contributed by atoms with van der Waals surface area (Å²) in [6, 6.07) is 12.6. The maximum atomic E-state index is 4.51. The fourth-order valence-electron chi connectivity index (χ4n) is 3.62. The van der Waals surface area contributed by atoms with Gasteiger partial charge in [-0.15, -0.1) is 0 Å². The zero-order valence-electron chi connectivity index (χ0n) is 15.2. The molecule has 0 radical (unpaired) electrons. The molecule has 1 aliphatic rings. The summed E-state index contributed by atoms with van der Waals surface area (Å²) >= 11 is 0. The zero-order chi connectivity index (χ0) is 17.8. The Hall–Kier alpha value is -2.44. The van der Waals surface area contributed by atoms with Gasteiger partial charge in [-0.2, -0.15) is 5.10 Å². The van der Waals surface area contributed by atoms with E-state index in [0.717, 1.165) is 50.6 Å². The van der Waals surface area contributed by atoms with Gasteiger partial charge in [-0.25, -0.2) is 9.50 Å². The van der Waals surface area contributed by atoms with Crippen molar-refractivity contribution in [3.63, 3.8) is 0 Å². The van der Waals surface area contributed by atoms with Gasteiger partial charge in [0.15, 0.2) is 5.82 Å². The molecule has 6 nitrogen and oxygen atoms in total. The minimum absolute atomic E-state index is 0.665. The van der Waals surface area contributed by atoms with Crippen LogP contribution in [0.4, 0.5) is 5.82 Å². The molecular weight excluding hydrogens is 324 g/mol. The standard InChI is InChI=1S/C20H26N6/c1-16-11-21-8-10-25(13-16)14-18-7-9-26-19(18)20(23-15-24-26)22-12-17-5-3-2-4-6-17/h2-7,9,15-16,21H,8,10-14H2,1H3,(H,22,23,24)/t16-/m1/s1. The quantitative estimate of drug-likeness (QED) is 0.740. The van der Waals surface area contributed by atoms with Crippen molar-refractivity contribution in [2.75, 3.05) is 31.5 Å². The van der Waals surface area contributed by atoms with Gasteiger partial charge in [-0.1, -0.05) is 37.3 Å². The number of nitrogens with zero attached hydrogens (tertiary/aromatic N) is 4. The highest BCUT2D eigenvalue weighted by Crippen LogP contribution is 2.22. The fourth-order valence-corrected chi connectivity index (χ4v) is 3.62. The number of aromatic nitrogens is 3. The molecule has 0 amide bonds. The molecule has 136 valence electrons. The topological polar surface area (TPSA) is 57.5 Å². The summed E-state index contributed by atoms with van der Waals surface area (Å²) in [5.74, 6) is 1.56. The zero-order valence-corrected chi connectivity index (χ0v) is 15.2. The molecule has 2 N–H and O–H groups in total. The Morgan fingerprint density at radius 3 is 3.00 bits per heavy atom. The van der Waals surface area contributed by atoms with Crippen molar-refractivity contribution >= 4 is 11.3 Å². The molecule has 2 aromatic heterocycles. The van der Waals surface area contributed by atoms with Crippen molar-refractivity contribution in [1.29, 1.82) is 0 Å². The Kier molecular flexibility index (Phi) is 5.13. The van der Waals surface area contributed by atoms with Crippen LogP contribution in [0.1, 0.15) is 18.1 Å². The summed E-state index contributed by atoms with van der Waals surface area (Å²) in [7, 11) is 0. The van der Waals surface area contributed by atoms with Crippen LogP contribution in [0, 0.1) is 5.92 Å². The molecule has 3 heterocycles. The van der Waals surface area contributed by atoms with Crippen LogP contribution in [0.5, 0.6) is 0 Å². The number of hydrogen-bond donors (Lipinski definition) is 2. The first-order valence-corrected chi connectivity index (χ1v) is 9.31. The molecule has 0 saturated carbocycles. The van der Waals surface area contributed by atoms with E-state index in [4.69, 9.17) is 0 Å². The van der Waals surface area contributed by atoms with Gasteiger partial charge in [-0.3, -0.25) is 4.90 Å². The molecule has 0 aliphatic carbocycles. The van der Waals surface area contributed by atoms with E-state index in [2.05, 4.69) is 62.9 Å². The number of benzene rings is 1. The smallest absolute Gasteiger partial charge is 0.154 e. The van der Waals surface area contributed by atoms with Gasteiger partial charge >= 0.3 is 0 Å². The normalized spacial score (nSPS) is 18.7. The van der Waals surface area contributed by atoms with Gasteiger partial charge in [0, 0.05) is 38.9 Å². The van der Waals surface area contributed by atoms with Gasteiger partial charge in [0.05, 0.1) is 0 Å². The van der Waals surface area contributed by atoms with Crippen LogP contribution in [0.2, 0.25) is 0 Å². The maximum Gasteiger partial charge on any atom is 0.154 e. The maximum absolute atomic E-state index is 4.51. The van der Waals surface area contributed by atoms with Crippen LogP contribution in [-0.2, 0) is 13.1 Å². The van der Waals surface area contributed by atoms with Crippen molar-refractivity contribution in [3.05, 3.63) is 60.0 Å². The summed E-state index contributed by atoms with van der Waals surface area (Å²) in [5.41, 5.74) is 3.59. The first kappa shape index (κ1) is 17.0. The highest BCUT2D eigenvalue weighted by molar-refractivity contribution is 5.72. The third-order valence-electron chi connectivity index (χ3n) is 4.90. The SMILES string of the molecule is C[C@@H]1CNCCN(Cc2ccn3ncnc(NCc4ccccc4)c23)C1. The van der Waals surface area contributed by atoms with Crippen molar-refractivity contribution in [3.8, 4) is 0 Å². The largest absolute Gasteiger partial charge is 0.364 e. The minimum Gasteiger partial charge on any atom is -0.364 e. The molecule has 6 heteroatoms. The predicted octanol–water partition coefficient (Wildman–Crippen LogP) is 2.38. The highest BCUT2D eigenvalue weighted by Gasteiger charge is 2.17. The predicted molar refractivity (Wildman–Crippen MR) is 104 cm³/mol. The molecule has 1 saturated heterocycles. The first-order valence-electron chi connectivity index (χ1n) is 9.31. The van der Waals surface area contributed by atoms with Crippen LogP contribution in [-0.4, -0.2) is 45.7 Å². The monoisotopic (exact) mass is 350 g/mol. The Balaban J connectivity index is 1.55. The fraction of sp³-hybridized carbons (Fsp3) is 0.400. The van der Waals surface area contributed by atoms with Crippen molar-refractivity contribution < 1.29 is 0 Å². The van der Waals surface area contributed by atoms with Gasteiger partial charge in [0.2, 0.25) is 0 Å². The lowest BCUT2D eigenvalue weighted by molar-refractivity contribution is 0.257. The van der Waals surface area contributed by atoms with Gasteiger partial charge in [0.1, 0.15) is 11.8 Å². The van der Waals surface area contributed by atoms with Crippen LogP contribution >= 0.6 is 0 Å². The third-order valence-corrected chi connectivity index (χ3v) is 4.90. The van der Waals surface area contributed by atoms with E-state index in [1.54, 1.807) is 6.33 Å². The van der Waals surface area contributed by atoms with E-state index in [9.17, 15) is 0 Å². The number of hydrogen-bond acceptors (Lipinski definition) is 5. The number of rotatable bonds is 5. The van der Waals surface area contributed by atoms with Gasteiger partial charge in [0.25, 0.3) is 0 Å². The number of anilines is 1. The van der Waals surface area contributed by atoms with Gasteiger partial charge in [-0.05, 0) is 29.7 Å². The lowest BCUT2D eigenvalue weighted by Crippen LogP contribution is -2.29. The van der Waals surface area contributed by atoms with E-state index >= 15 is 0 Å². The van der Waals surface area contributed by atoms with Crippen LogP contribution < -0.4 is 10.6 Å². The lowest BCUT2D eigenvalue weighted by atomic mass is 10.1. The summed E-state index contributed by atoms with van der Waals surface area (Å²) in [6.45, 7) is 8.32. The second-order valence-electron chi connectivity index (χ2n) is 7.13. The molecular formula is C20H26N6. The molecule has 26 heavy (non-hydrogen) atoms. The molecule has 3 aromatic rings. The van der Waals surface area contributed by atoms with Crippen LogP contribution in [0.3, 0.4) is 0 Å². The Bertz CT molecular complexity index is 844. The molecule has 1 aliphatic heterocycles. The summed E-state index contributed by atoms with van der Waals surface area (Å²) < 4.78 is 1.93. The summed E-state index contributed by atoms with van der Waals surface area (Å²) in [5, 5.41) is 11.4. The Morgan fingerprint density at radius 2 is 2.12 bits per heavy atom. The molecule has 1 atom stereocenters. The molecule has 1 aromatic carbocycles. The molecule has 0 bridgehead atoms. The lowest BCUT2D eigenvalue weighted by Gasteiger charge is -2.21. The van der Waals surface area contributed by atoms with Crippen LogP contribution in [0.15, 0.2) is 48.9 Å². The highest BCUT2D eigenvalue weighted by atomic mass is 15.3. The average molecular weight is 350 g/mol. The Morgan fingerprint density at radius 1 is 1.23 bits per heavy atom. The van der Waals surface area contributed by atoms with Crippen LogP contribution in [0.25, 0.3) is 5.52 Å². The van der Waals surface area contributed by atoms with E-state index in [-0.39, 0.29) is 0 Å². The first-order chi connectivity index (χ1) is 12.8. The number of nitrogens with one attached hydrogen (secondary N) is 2. The van der Waals surface area contributed by atoms with Crippen molar-refractivity contribution in [2.45, 2.75) is 20.0 Å². The number of fused-ring (bicyclic) bond motifs is 1. The molecule has 0 spiro atoms. The second-order valence-corrected chi connectivity index (χ2v) is 7.13. The van der Waals surface area contributed by atoms with E-state index < -0.39 is 0 Å². The van der Waals surface area contributed by atoms with Crippen molar-refractivity contribution in [2.24, 2.45) is 5.92 Å². The summed E-state index contributed by atoms with van der Waals surface area (Å²) in [4.78, 5) is 7.03. The molecule has 4 rings (SSSR count). The third kappa shape index (κ3) is 3.86. The average Bonchev–Trinajstić information content (AvgIpc) is 2.96.